The highest BCUT2D eigenvalue weighted by Gasteiger charge is 2.31. The van der Waals surface area contributed by atoms with E-state index in [-0.39, 0.29) is 11.5 Å². The molecule has 1 N–H and O–H groups in total. The molecule has 0 aromatic carbocycles. The minimum absolute atomic E-state index is 0.0842. The SMILES string of the molecule is CC1=C(/C=C/C(C)=C/CPP)C(C)(C)C[C@@H](O)C1. The molecule has 102 valence electrons. The third-order valence-corrected chi connectivity index (χ3v) is 4.68. The summed E-state index contributed by atoms with van der Waals surface area (Å²) in [5.74, 6) is 0. The summed E-state index contributed by atoms with van der Waals surface area (Å²) in [6, 6.07) is 0. The van der Waals surface area contributed by atoms with Gasteiger partial charge >= 0.3 is 0 Å². The normalized spacial score (nSPS) is 25.7. The fraction of sp³-hybridized carbons (Fsp3) is 0.600. The summed E-state index contributed by atoms with van der Waals surface area (Å²) in [6.45, 7) is 8.75. The first-order chi connectivity index (χ1) is 8.36. The number of allylic oxidation sites excluding steroid dienone is 5. The summed E-state index contributed by atoms with van der Waals surface area (Å²) in [6.07, 6.45) is 9.39. The summed E-state index contributed by atoms with van der Waals surface area (Å²) in [7, 11) is 3.68. The lowest BCUT2D eigenvalue weighted by atomic mass is 9.71. The lowest BCUT2D eigenvalue weighted by Crippen LogP contribution is -2.28. The van der Waals surface area contributed by atoms with Crippen LogP contribution in [0.15, 0.2) is 34.9 Å². The zero-order valence-corrected chi connectivity index (χ0v) is 14.1. The van der Waals surface area contributed by atoms with Crippen LogP contribution in [-0.2, 0) is 0 Å². The van der Waals surface area contributed by atoms with Crippen LogP contribution in [-0.4, -0.2) is 17.4 Å². The molecule has 0 heterocycles. The molecule has 1 aliphatic carbocycles. The van der Waals surface area contributed by atoms with E-state index in [9.17, 15) is 5.11 Å². The van der Waals surface area contributed by atoms with Crippen molar-refractivity contribution in [1.82, 2.24) is 0 Å². The fourth-order valence-electron chi connectivity index (χ4n) is 2.68. The number of hydrogen-bond donors (Lipinski definition) is 1. The van der Waals surface area contributed by atoms with Gasteiger partial charge in [-0.15, -0.1) is 8.93 Å². The van der Waals surface area contributed by atoms with Crippen LogP contribution in [0.4, 0.5) is 0 Å². The van der Waals surface area contributed by atoms with Crippen molar-refractivity contribution in [2.45, 2.75) is 46.6 Å². The lowest BCUT2D eigenvalue weighted by Gasteiger charge is -2.35. The molecular weight excluding hydrogens is 258 g/mol. The van der Waals surface area contributed by atoms with Gasteiger partial charge in [-0.05, 0) is 43.8 Å². The summed E-state index contributed by atoms with van der Waals surface area (Å²) in [5.41, 5.74) is 4.14. The molecule has 0 saturated carbocycles. The van der Waals surface area contributed by atoms with Crippen molar-refractivity contribution in [2.24, 2.45) is 5.41 Å². The van der Waals surface area contributed by atoms with Crippen LogP contribution in [0.25, 0.3) is 0 Å². The van der Waals surface area contributed by atoms with Crippen LogP contribution in [0, 0.1) is 5.41 Å². The monoisotopic (exact) mass is 284 g/mol. The van der Waals surface area contributed by atoms with E-state index in [4.69, 9.17) is 0 Å². The Morgan fingerprint density at radius 1 is 1.56 bits per heavy atom. The van der Waals surface area contributed by atoms with Gasteiger partial charge in [0.2, 0.25) is 0 Å². The summed E-state index contributed by atoms with van der Waals surface area (Å²) < 4.78 is 0. The quantitative estimate of drug-likeness (QED) is 0.597. The maximum Gasteiger partial charge on any atom is 0.0585 e. The van der Waals surface area contributed by atoms with Gasteiger partial charge in [0.25, 0.3) is 0 Å². The summed E-state index contributed by atoms with van der Waals surface area (Å²) >= 11 is 0. The first-order valence-corrected chi connectivity index (χ1v) is 9.55. The van der Waals surface area contributed by atoms with E-state index in [0.29, 0.717) is 0 Å². The van der Waals surface area contributed by atoms with E-state index in [0.717, 1.165) is 27.3 Å². The molecule has 2 unspecified atom stereocenters. The van der Waals surface area contributed by atoms with E-state index in [1.807, 2.05) is 0 Å². The molecule has 0 saturated heterocycles. The van der Waals surface area contributed by atoms with Gasteiger partial charge < -0.3 is 5.11 Å². The number of hydrogen-bond acceptors (Lipinski definition) is 1. The zero-order valence-electron chi connectivity index (χ0n) is 12.0. The van der Waals surface area contributed by atoms with Crippen molar-refractivity contribution >= 4 is 17.2 Å². The Bertz CT molecular complexity index is 378. The molecule has 0 fully saturated rings. The predicted octanol–water partition coefficient (Wildman–Crippen LogP) is 4.45. The Morgan fingerprint density at radius 3 is 2.78 bits per heavy atom. The highest BCUT2D eigenvalue weighted by molar-refractivity contribution is 8.02. The van der Waals surface area contributed by atoms with Gasteiger partial charge in [-0.2, -0.15) is 0 Å². The third kappa shape index (κ3) is 4.61. The maximum absolute atomic E-state index is 9.86. The lowest BCUT2D eigenvalue weighted by molar-refractivity contribution is 0.116. The average molecular weight is 284 g/mol. The average Bonchev–Trinajstić information content (AvgIpc) is 2.23. The second-order valence-corrected chi connectivity index (χ2v) is 7.87. The molecule has 0 spiro atoms. The first-order valence-electron chi connectivity index (χ1n) is 6.53. The van der Waals surface area contributed by atoms with Crippen molar-refractivity contribution in [3.63, 3.8) is 0 Å². The van der Waals surface area contributed by atoms with Crippen LogP contribution in [0.5, 0.6) is 0 Å². The van der Waals surface area contributed by atoms with Gasteiger partial charge in [0.05, 0.1) is 6.10 Å². The molecule has 1 nitrogen and oxygen atoms in total. The van der Waals surface area contributed by atoms with Crippen molar-refractivity contribution in [3.8, 4) is 0 Å². The molecule has 1 rings (SSSR count). The van der Waals surface area contributed by atoms with Crippen molar-refractivity contribution in [2.75, 3.05) is 6.16 Å². The van der Waals surface area contributed by atoms with Gasteiger partial charge in [0.15, 0.2) is 0 Å². The van der Waals surface area contributed by atoms with Gasteiger partial charge in [0.1, 0.15) is 0 Å². The number of rotatable bonds is 4. The largest absolute Gasteiger partial charge is 0.393 e. The molecule has 0 bridgehead atoms. The van der Waals surface area contributed by atoms with Gasteiger partial charge in [-0.3, -0.25) is 0 Å². The van der Waals surface area contributed by atoms with E-state index in [1.165, 1.54) is 16.7 Å². The second kappa shape index (κ2) is 6.99. The Morgan fingerprint density at radius 2 is 2.22 bits per heavy atom. The molecule has 0 aliphatic heterocycles. The van der Waals surface area contributed by atoms with Crippen molar-refractivity contribution in [1.29, 1.82) is 0 Å². The van der Waals surface area contributed by atoms with E-state index in [2.05, 4.69) is 54.9 Å². The Hall–Kier alpha value is 0.0400. The Labute approximate surface area is 116 Å². The van der Waals surface area contributed by atoms with Crippen molar-refractivity contribution in [3.05, 3.63) is 34.9 Å². The van der Waals surface area contributed by atoms with Crippen LogP contribution in [0.3, 0.4) is 0 Å². The molecular formula is C15H26OP2. The second-order valence-electron chi connectivity index (χ2n) is 5.83. The zero-order chi connectivity index (χ0) is 13.8. The fourth-order valence-corrected chi connectivity index (χ4v) is 3.48. The van der Waals surface area contributed by atoms with Crippen LogP contribution >= 0.6 is 17.2 Å². The summed E-state index contributed by atoms with van der Waals surface area (Å²) in [5, 5.41) is 9.86. The Kier molecular flexibility index (Phi) is 6.25. The van der Waals surface area contributed by atoms with Crippen LogP contribution < -0.4 is 0 Å². The molecule has 3 heteroatoms. The molecule has 0 radical (unpaired) electrons. The predicted molar refractivity (Wildman–Crippen MR) is 87.5 cm³/mol. The van der Waals surface area contributed by atoms with Gasteiger partial charge in [0, 0.05) is 0 Å². The highest BCUT2D eigenvalue weighted by Crippen LogP contribution is 2.41. The van der Waals surface area contributed by atoms with Crippen LogP contribution in [0.1, 0.15) is 40.5 Å². The number of aliphatic hydroxyl groups is 1. The van der Waals surface area contributed by atoms with Crippen molar-refractivity contribution < 1.29 is 5.11 Å². The van der Waals surface area contributed by atoms with E-state index >= 15 is 0 Å². The highest BCUT2D eigenvalue weighted by atomic mass is 32.0. The molecule has 1 aliphatic rings. The van der Waals surface area contributed by atoms with E-state index in [1.54, 1.807) is 0 Å². The van der Waals surface area contributed by atoms with E-state index < -0.39 is 0 Å². The first kappa shape index (κ1) is 16.1. The third-order valence-electron chi connectivity index (χ3n) is 3.53. The number of aliphatic hydroxyl groups excluding tert-OH is 1. The minimum Gasteiger partial charge on any atom is -0.393 e. The molecule has 0 aromatic rings. The van der Waals surface area contributed by atoms with Gasteiger partial charge in [-0.25, -0.2) is 0 Å². The standard InChI is InChI=1S/C15H26OP2/c1-11(7-8-18-17)5-6-14-12(2)9-13(16)10-15(14,3)4/h5-7,13,16,18H,8-10,17H2,1-4H3/b6-5+,11-7+/t13-/m0/s1. The van der Waals surface area contributed by atoms with Gasteiger partial charge in [-0.1, -0.05) is 51.5 Å². The summed E-state index contributed by atoms with van der Waals surface area (Å²) in [4.78, 5) is 0. The maximum atomic E-state index is 9.86. The molecule has 0 amide bonds. The minimum atomic E-state index is -0.174. The molecule has 3 atom stereocenters. The molecule has 0 aromatic heterocycles. The Balaban J connectivity index is 2.87. The van der Waals surface area contributed by atoms with Crippen LogP contribution in [0.2, 0.25) is 0 Å². The smallest absolute Gasteiger partial charge is 0.0585 e. The topological polar surface area (TPSA) is 20.2 Å². The molecule has 18 heavy (non-hydrogen) atoms.